The molecule has 0 spiro atoms. The molecule has 1 N–H and O–H groups in total. The van der Waals surface area contributed by atoms with Crippen LogP contribution in [0.2, 0.25) is 0 Å². The minimum atomic E-state index is 0.717. The Balaban J connectivity index is 1.88. The third-order valence-corrected chi connectivity index (χ3v) is 4.41. The molecule has 0 atom stereocenters. The second-order valence-electron chi connectivity index (χ2n) is 6.17. The van der Waals surface area contributed by atoms with E-state index in [0.717, 1.165) is 39.9 Å². The van der Waals surface area contributed by atoms with Crippen molar-refractivity contribution in [1.82, 2.24) is 14.4 Å². The molecule has 0 aliphatic rings. The van der Waals surface area contributed by atoms with Gasteiger partial charge in [-0.3, -0.25) is 9.38 Å². The van der Waals surface area contributed by atoms with Crippen LogP contribution in [-0.2, 0) is 0 Å². The second-order valence-corrected chi connectivity index (χ2v) is 6.17. The summed E-state index contributed by atoms with van der Waals surface area (Å²) >= 11 is 0. The fourth-order valence-electron chi connectivity index (χ4n) is 2.98. The Hall–Kier alpha value is -3.54. The maximum Gasteiger partial charge on any atom is 0.157 e. The highest BCUT2D eigenvalue weighted by Gasteiger charge is 2.16. The van der Waals surface area contributed by atoms with Crippen LogP contribution in [0.1, 0.15) is 5.56 Å². The van der Waals surface area contributed by atoms with Crippen LogP contribution in [0.15, 0.2) is 61.1 Å². The molecule has 2 aromatic carbocycles. The van der Waals surface area contributed by atoms with Crippen molar-refractivity contribution in [3.63, 3.8) is 0 Å². The molecule has 0 saturated heterocycles. The fraction of sp³-hybridized carbons (Fsp3) is 0.143. The molecular formula is C21H20N4O2. The maximum absolute atomic E-state index is 5.51. The highest BCUT2D eigenvalue weighted by molar-refractivity contribution is 5.81. The SMILES string of the molecule is COc1ccc(OC)c(Nc2c(-c3ccc(C)cc3)nc3cnccn23)c1. The van der Waals surface area contributed by atoms with Crippen molar-refractivity contribution in [2.75, 3.05) is 19.5 Å². The van der Waals surface area contributed by atoms with Crippen molar-refractivity contribution in [2.45, 2.75) is 6.92 Å². The van der Waals surface area contributed by atoms with Gasteiger partial charge in [-0.2, -0.15) is 0 Å². The van der Waals surface area contributed by atoms with Crippen LogP contribution in [-0.4, -0.2) is 28.6 Å². The topological polar surface area (TPSA) is 60.7 Å². The zero-order valence-corrected chi connectivity index (χ0v) is 15.4. The third kappa shape index (κ3) is 3.17. The molecule has 0 unspecified atom stereocenters. The molecule has 0 radical (unpaired) electrons. The van der Waals surface area contributed by atoms with E-state index in [-0.39, 0.29) is 0 Å². The summed E-state index contributed by atoms with van der Waals surface area (Å²) in [6, 6.07) is 13.9. The zero-order valence-electron chi connectivity index (χ0n) is 15.4. The number of hydrogen-bond acceptors (Lipinski definition) is 5. The predicted octanol–water partition coefficient (Wildman–Crippen LogP) is 4.47. The van der Waals surface area contributed by atoms with Gasteiger partial charge in [-0.05, 0) is 19.1 Å². The second kappa shape index (κ2) is 6.99. The molecule has 0 aliphatic carbocycles. The van der Waals surface area contributed by atoms with Gasteiger partial charge in [-0.1, -0.05) is 29.8 Å². The quantitative estimate of drug-likeness (QED) is 0.569. The van der Waals surface area contributed by atoms with E-state index in [4.69, 9.17) is 14.5 Å². The number of ether oxygens (including phenoxy) is 2. The highest BCUT2D eigenvalue weighted by atomic mass is 16.5. The molecule has 0 amide bonds. The van der Waals surface area contributed by atoms with Crippen LogP contribution >= 0.6 is 0 Å². The molecule has 0 fully saturated rings. The summed E-state index contributed by atoms with van der Waals surface area (Å²) in [7, 11) is 3.29. The molecule has 4 aromatic rings. The van der Waals surface area contributed by atoms with E-state index >= 15 is 0 Å². The number of benzene rings is 2. The number of nitrogens with one attached hydrogen (secondary N) is 1. The van der Waals surface area contributed by atoms with E-state index in [9.17, 15) is 0 Å². The lowest BCUT2D eigenvalue weighted by Gasteiger charge is -2.14. The van der Waals surface area contributed by atoms with Crippen molar-refractivity contribution >= 4 is 17.2 Å². The molecule has 2 aromatic heterocycles. The van der Waals surface area contributed by atoms with Gasteiger partial charge >= 0.3 is 0 Å². The zero-order chi connectivity index (χ0) is 18.8. The van der Waals surface area contributed by atoms with Gasteiger partial charge in [0.15, 0.2) is 5.65 Å². The first kappa shape index (κ1) is 16.9. The lowest BCUT2D eigenvalue weighted by Crippen LogP contribution is -2.00. The number of hydrogen-bond donors (Lipinski definition) is 1. The maximum atomic E-state index is 5.51. The summed E-state index contributed by atoms with van der Waals surface area (Å²) < 4.78 is 12.8. The van der Waals surface area contributed by atoms with Crippen LogP contribution in [0.25, 0.3) is 16.9 Å². The number of aryl methyl sites for hydroxylation is 1. The van der Waals surface area contributed by atoms with Gasteiger partial charge in [0.25, 0.3) is 0 Å². The monoisotopic (exact) mass is 360 g/mol. The standard InChI is InChI=1S/C21H20N4O2/c1-14-4-6-15(7-5-14)20-21(25-11-10-22-13-19(25)24-20)23-17-12-16(26-2)8-9-18(17)27-3/h4-13,23H,1-3H3. The average Bonchev–Trinajstić information content (AvgIpc) is 3.07. The van der Waals surface area contributed by atoms with Crippen LogP contribution < -0.4 is 14.8 Å². The number of rotatable bonds is 5. The van der Waals surface area contributed by atoms with Crippen LogP contribution in [0.3, 0.4) is 0 Å². The summed E-state index contributed by atoms with van der Waals surface area (Å²) in [5.41, 5.74) is 4.62. The fourth-order valence-corrected chi connectivity index (χ4v) is 2.98. The van der Waals surface area contributed by atoms with Crippen molar-refractivity contribution in [2.24, 2.45) is 0 Å². The van der Waals surface area contributed by atoms with Crippen LogP contribution in [0, 0.1) is 6.92 Å². The minimum Gasteiger partial charge on any atom is -0.497 e. The summed E-state index contributed by atoms with van der Waals surface area (Å²) in [5, 5.41) is 3.47. The number of fused-ring (bicyclic) bond motifs is 1. The minimum absolute atomic E-state index is 0.717. The van der Waals surface area contributed by atoms with E-state index < -0.39 is 0 Å². The summed E-state index contributed by atoms with van der Waals surface area (Å²) in [6.45, 7) is 2.07. The Bertz CT molecular complexity index is 1090. The Morgan fingerprint density at radius 1 is 1.00 bits per heavy atom. The van der Waals surface area contributed by atoms with Gasteiger partial charge in [0.1, 0.15) is 23.0 Å². The number of methoxy groups -OCH3 is 2. The molecule has 0 saturated carbocycles. The van der Waals surface area contributed by atoms with Gasteiger partial charge < -0.3 is 14.8 Å². The van der Waals surface area contributed by atoms with E-state index in [0.29, 0.717) is 0 Å². The van der Waals surface area contributed by atoms with Crippen LogP contribution in [0.4, 0.5) is 11.5 Å². The molecule has 0 bridgehead atoms. The first-order valence-electron chi connectivity index (χ1n) is 8.58. The van der Waals surface area contributed by atoms with Gasteiger partial charge in [-0.25, -0.2) is 4.98 Å². The molecule has 2 heterocycles. The molecule has 6 nitrogen and oxygen atoms in total. The van der Waals surface area contributed by atoms with Crippen molar-refractivity contribution < 1.29 is 9.47 Å². The number of aromatic nitrogens is 3. The Morgan fingerprint density at radius 3 is 2.56 bits per heavy atom. The summed E-state index contributed by atoms with van der Waals surface area (Å²) in [5.74, 6) is 2.29. The van der Waals surface area contributed by atoms with Gasteiger partial charge in [0.05, 0.1) is 26.1 Å². The first-order chi connectivity index (χ1) is 13.2. The van der Waals surface area contributed by atoms with Crippen molar-refractivity contribution in [3.8, 4) is 22.8 Å². The number of nitrogens with zero attached hydrogens (tertiary/aromatic N) is 3. The molecule has 27 heavy (non-hydrogen) atoms. The number of imidazole rings is 1. The number of anilines is 2. The van der Waals surface area contributed by atoms with Crippen molar-refractivity contribution in [1.29, 1.82) is 0 Å². The predicted molar refractivity (Wildman–Crippen MR) is 106 cm³/mol. The van der Waals surface area contributed by atoms with E-state index in [1.807, 2.05) is 28.8 Å². The lowest BCUT2D eigenvalue weighted by molar-refractivity contribution is 0.405. The Kier molecular flexibility index (Phi) is 4.38. The van der Waals surface area contributed by atoms with Crippen LogP contribution in [0.5, 0.6) is 11.5 Å². The van der Waals surface area contributed by atoms with Gasteiger partial charge in [0, 0.05) is 24.0 Å². The first-order valence-corrected chi connectivity index (χ1v) is 8.58. The largest absolute Gasteiger partial charge is 0.497 e. The molecular weight excluding hydrogens is 340 g/mol. The molecule has 6 heteroatoms. The third-order valence-electron chi connectivity index (χ3n) is 4.41. The van der Waals surface area contributed by atoms with Gasteiger partial charge in [0.2, 0.25) is 0 Å². The smallest absolute Gasteiger partial charge is 0.157 e. The normalized spacial score (nSPS) is 10.8. The van der Waals surface area contributed by atoms with Crippen molar-refractivity contribution in [3.05, 3.63) is 66.6 Å². The summed E-state index contributed by atoms with van der Waals surface area (Å²) in [4.78, 5) is 8.96. The van der Waals surface area contributed by atoms with Gasteiger partial charge in [-0.15, -0.1) is 0 Å². The average molecular weight is 360 g/mol. The highest BCUT2D eigenvalue weighted by Crippen LogP contribution is 2.36. The van der Waals surface area contributed by atoms with E-state index in [1.165, 1.54) is 5.56 Å². The Labute approximate surface area is 157 Å². The van der Waals surface area contributed by atoms with E-state index in [1.54, 1.807) is 26.6 Å². The summed E-state index contributed by atoms with van der Waals surface area (Å²) in [6.07, 6.45) is 5.36. The molecule has 136 valence electrons. The lowest BCUT2D eigenvalue weighted by atomic mass is 10.1. The Morgan fingerprint density at radius 2 is 1.81 bits per heavy atom. The molecule has 4 rings (SSSR count). The molecule has 0 aliphatic heterocycles. The van der Waals surface area contributed by atoms with E-state index in [2.05, 4.69) is 41.5 Å².